The molecule has 0 aliphatic rings. The Morgan fingerprint density at radius 3 is 1.77 bits per heavy atom. The first-order chi connectivity index (χ1) is 11.3. The van der Waals surface area contributed by atoms with Crippen molar-refractivity contribution in [2.45, 2.75) is 48.0 Å². The Morgan fingerprint density at radius 2 is 1.42 bits per heavy atom. The summed E-state index contributed by atoms with van der Waals surface area (Å²) in [5.41, 5.74) is 0.932. The van der Waals surface area contributed by atoms with E-state index in [2.05, 4.69) is 0 Å². The monoisotopic (exact) mass is 426 g/mol. The molecule has 0 spiro atoms. The first-order valence-corrected chi connectivity index (χ1v) is 11.1. The zero-order valence-electron chi connectivity index (χ0n) is 14.7. The van der Waals surface area contributed by atoms with Gasteiger partial charge >= 0.3 is 26.5 Å². The predicted octanol–water partition coefficient (Wildman–Crippen LogP) is 5.25. The summed E-state index contributed by atoms with van der Waals surface area (Å²) in [4.78, 5) is -0.266. The molecule has 0 aromatic heterocycles. The molecule has 0 amide bonds. The van der Waals surface area contributed by atoms with Crippen molar-refractivity contribution in [2.24, 2.45) is 0 Å². The summed E-state index contributed by atoms with van der Waals surface area (Å²) in [6.45, 7) is 5.02. The third-order valence-electron chi connectivity index (χ3n) is 4.11. The lowest BCUT2D eigenvalue weighted by atomic mass is 10.0. The highest BCUT2D eigenvalue weighted by atomic mass is 32.3. The zero-order valence-corrected chi connectivity index (χ0v) is 16.3. The van der Waals surface area contributed by atoms with Crippen molar-refractivity contribution in [2.75, 3.05) is 12.5 Å². The van der Waals surface area contributed by atoms with Crippen LogP contribution in [-0.2, 0) is 10.1 Å². The van der Waals surface area contributed by atoms with Crippen molar-refractivity contribution in [1.29, 1.82) is 0 Å². The summed E-state index contributed by atoms with van der Waals surface area (Å²) in [5.74, 6) is -6.30. The molecule has 0 atom stereocenters. The molecule has 152 valence electrons. The molecule has 1 aromatic carbocycles. The van der Waals surface area contributed by atoms with Gasteiger partial charge < -0.3 is 0 Å². The second-order valence-corrected chi connectivity index (χ2v) is 11.7. The Labute approximate surface area is 149 Å². The van der Waals surface area contributed by atoms with Gasteiger partial charge in [0, 0.05) is 0 Å². The molecule has 0 radical (unpaired) electrons. The molecule has 0 bridgehead atoms. The lowest BCUT2D eigenvalue weighted by Gasteiger charge is -2.45. The summed E-state index contributed by atoms with van der Waals surface area (Å²) in [7, 11) is -10.7. The van der Waals surface area contributed by atoms with Gasteiger partial charge in [-0.3, -0.25) is 4.55 Å². The summed E-state index contributed by atoms with van der Waals surface area (Å²) in [6.07, 6.45) is 1.39. The average Bonchev–Trinajstić information content (AvgIpc) is 2.44. The smallest absolute Gasteiger partial charge is 0.281 e. The van der Waals surface area contributed by atoms with Crippen LogP contribution in [0, 0.1) is 6.92 Å². The first kappa shape index (κ1) is 23.1. The van der Waals surface area contributed by atoms with Crippen molar-refractivity contribution in [3.05, 3.63) is 29.3 Å². The Hall–Kier alpha value is -0.940. The summed E-state index contributed by atoms with van der Waals surface area (Å²) in [5, 5.41) is -11.8. The summed E-state index contributed by atoms with van der Waals surface area (Å²) < 4.78 is 114. The van der Waals surface area contributed by atoms with E-state index in [-0.39, 0.29) is 16.4 Å². The van der Waals surface area contributed by atoms with E-state index in [4.69, 9.17) is 4.55 Å². The average molecular weight is 426 g/mol. The maximum atomic E-state index is 14.6. The molecule has 11 heteroatoms. The number of halogens is 6. The van der Waals surface area contributed by atoms with Gasteiger partial charge in [-0.05, 0) is 47.4 Å². The van der Waals surface area contributed by atoms with Crippen LogP contribution >= 0.6 is 10.0 Å². The van der Waals surface area contributed by atoms with Gasteiger partial charge in [-0.2, -0.15) is 44.8 Å². The predicted molar refractivity (Wildman–Crippen MR) is 89.4 cm³/mol. The number of aryl methyl sites for hydroxylation is 1. The van der Waals surface area contributed by atoms with Gasteiger partial charge in [-0.25, -0.2) is 0 Å². The SMILES string of the molecule is Cc1cc(C(C)C)ccc1S(C)(C)C(F)(F)C(F)(F)C(F)(F)S(=O)(=O)O. The number of hydrogen-bond donors (Lipinski definition) is 1. The molecule has 1 aromatic rings. The van der Waals surface area contributed by atoms with E-state index in [1.165, 1.54) is 19.1 Å². The molecular weight excluding hydrogens is 406 g/mol. The first-order valence-electron chi connectivity index (χ1n) is 7.26. The highest BCUT2D eigenvalue weighted by Gasteiger charge is 2.80. The van der Waals surface area contributed by atoms with E-state index in [9.17, 15) is 34.8 Å². The highest BCUT2D eigenvalue weighted by Crippen LogP contribution is 2.69. The zero-order chi connectivity index (χ0) is 20.9. The van der Waals surface area contributed by atoms with Crippen LogP contribution in [-0.4, -0.2) is 41.9 Å². The highest BCUT2D eigenvalue weighted by molar-refractivity contribution is 8.33. The van der Waals surface area contributed by atoms with Crippen molar-refractivity contribution in [3.63, 3.8) is 0 Å². The van der Waals surface area contributed by atoms with E-state index >= 15 is 0 Å². The number of alkyl halides is 6. The molecule has 26 heavy (non-hydrogen) atoms. The van der Waals surface area contributed by atoms with Gasteiger partial charge in [-0.15, -0.1) is 0 Å². The molecule has 0 aliphatic heterocycles. The number of benzene rings is 1. The third kappa shape index (κ3) is 3.33. The fourth-order valence-electron chi connectivity index (χ4n) is 2.39. The molecule has 1 rings (SSSR count). The lowest BCUT2D eigenvalue weighted by Crippen LogP contribution is -2.59. The lowest BCUT2D eigenvalue weighted by molar-refractivity contribution is -0.244. The molecule has 0 fully saturated rings. The normalized spacial score (nSPS) is 15.4. The van der Waals surface area contributed by atoms with Gasteiger partial charge in [0.1, 0.15) is 0 Å². The van der Waals surface area contributed by atoms with Crippen LogP contribution in [0.15, 0.2) is 23.1 Å². The Bertz CT molecular complexity index is 789. The molecule has 0 saturated heterocycles. The fourth-order valence-corrected chi connectivity index (χ4v) is 5.23. The summed E-state index contributed by atoms with van der Waals surface area (Å²) in [6, 6.07) is 4.08. The van der Waals surface area contributed by atoms with Crippen LogP contribution in [0.3, 0.4) is 0 Å². The van der Waals surface area contributed by atoms with Gasteiger partial charge in [0.05, 0.1) is 0 Å². The third-order valence-corrected chi connectivity index (χ3v) is 8.11. The quantitative estimate of drug-likeness (QED) is 0.499. The molecule has 0 heterocycles. The van der Waals surface area contributed by atoms with Crippen molar-refractivity contribution < 1.29 is 39.3 Å². The second-order valence-electron chi connectivity index (χ2n) is 6.59. The fraction of sp³-hybridized carbons (Fsp3) is 0.600. The van der Waals surface area contributed by atoms with E-state index in [0.717, 1.165) is 11.6 Å². The molecule has 0 aliphatic carbocycles. The Balaban J connectivity index is 3.60. The van der Waals surface area contributed by atoms with Crippen LogP contribution in [0.2, 0.25) is 0 Å². The van der Waals surface area contributed by atoms with Gasteiger partial charge in [0.25, 0.3) is 0 Å². The maximum Gasteiger partial charge on any atom is 0.438 e. The van der Waals surface area contributed by atoms with Gasteiger partial charge in [-0.1, -0.05) is 26.0 Å². The standard InChI is InChI=1S/C15H20F6O3S2/c1-9(2)11-6-7-12(10(3)8-11)25(4,5)14(18,19)13(16,17)15(20,21)26(22,23)24/h6-9H,1-5H3,(H,22,23,24). The van der Waals surface area contributed by atoms with Crippen molar-refractivity contribution in [3.8, 4) is 0 Å². The molecular formula is C15H20F6O3S2. The van der Waals surface area contributed by atoms with Crippen LogP contribution in [0.1, 0.15) is 30.9 Å². The minimum atomic E-state index is -6.76. The van der Waals surface area contributed by atoms with E-state index < -0.39 is 36.6 Å². The number of rotatable bonds is 6. The molecule has 1 N–H and O–H groups in total. The van der Waals surface area contributed by atoms with E-state index in [1.54, 1.807) is 0 Å². The van der Waals surface area contributed by atoms with Gasteiger partial charge in [0.15, 0.2) is 0 Å². The largest absolute Gasteiger partial charge is 0.438 e. The van der Waals surface area contributed by atoms with Crippen molar-refractivity contribution in [1.82, 2.24) is 0 Å². The van der Waals surface area contributed by atoms with Crippen LogP contribution < -0.4 is 0 Å². The maximum absolute atomic E-state index is 14.6. The second kappa shape index (κ2) is 6.59. The molecule has 0 unspecified atom stereocenters. The van der Waals surface area contributed by atoms with Crippen molar-refractivity contribution >= 4 is 20.1 Å². The molecule has 3 nitrogen and oxygen atoms in total. The van der Waals surface area contributed by atoms with Crippen LogP contribution in [0.25, 0.3) is 0 Å². The summed E-state index contributed by atoms with van der Waals surface area (Å²) >= 11 is 0. The topological polar surface area (TPSA) is 54.4 Å². The minimum absolute atomic E-state index is 0.0201. The molecule has 0 saturated carbocycles. The number of hydrogen-bond acceptors (Lipinski definition) is 2. The Morgan fingerprint density at radius 1 is 0.962 bits per heavy atom. The van der Waals surface area contributed by atoms with Crippen LogP contribution in [0.5, 0.6) is 0 Å². The minimum Gasteiger partial charge on any atom is -0.281 e. The van der Waals surface area contributed by atoms with E-state index in [1.807, 2.05) is 13.8 Å². The van der Waals surface area contributed by atoms with Gasteiger partial charge in [0.2, 0.25) is 0 Å². The van der Waals surface area contributed by atoms with Crippen LogP contribution in [0.4, 0.5) is 26.3 Å². The Kier molecular flexibility index (Phi) is 5.86. The van der Waals surface area contributed by atoms with E-state index in [0.29, 0.717) is 12.5 Å².